The van der Waals surface area contributed by atoms with E-state index in [0.717, 1.165) is 11.8 Å². The van der Waals surface area contributed by atoms with Crippen LogP contribution >= 0.6 is 11.8 Å². The van der Waals surface area contributed by atoms with Crippen molar-refractivity contribution >= 4 is 46.3 Å². The summed E-state index contributed by atoms with van der Waals surface area (Å²) in [5.74, 6) is -1.79. The quantitative estimate of drug-likeness (QED) is 0.434. The third kappa shape index (κ3) is 4.27. The molecule has 2 N–H and O–H groups in total. The summed E-state index contributed by atoms with van der Waals surface area (Å²) in [6.45, 7) is 2.15. The Bertz CT molecular complexity index is 1060. The number of nitro benzene ring substituents is 1. The molecular formula is C19H15N3O6S. The predicted octanol–water partition coefficient (Wildman–Crippen LogP) is 3.62. The first-order chi connectivity index (χ1) is 13.8. The highest BCUT2D eigenvalue weighted by Crippen LogP contribution is 2.35. The predicted molar refractivity (Wildman–Crippen MR) is 108 cm³/mol. The lowest BCUT2D eigenvalue weighted by Crippen LogP contribution is -2.28. The third-order valence-electron chi connectivity index (χ3n) is 4.04. The highest BCUT2D eigenvalue weighted by atomic mass is 32.2. The van der Waals surface area contributed by atoms with Gasteiger partial charge in [-0.15, -0.1) is 0 Å². The number of thioether (sulfide) groups is 1. The molecule has 1 amide bonds. The van der Waals surface area contributed by atoms with Crippen molar-refractivity contribution < 1.29 is 24.7 Å². The number of phenolic OH excluding ortho intramolecular Hbond substituents is 1. The number of nitro groups is 1. The van der Waals surface area contributed by atoms with Crippen LogP contribution < -0.4 is 0 Å². The average Bonchev–Trinajstić information content (AvgIpc) is 2.97. The number of aromatic hydroxyl groups is 1. The fourth-order valence-electron chi connectivity index (χ4n) is 2.59. The minimum absolute atomic E-state index is 0.131. The van der Waals surface area contributed by atoms with Gasteiger partial charge in [0.05, 0.1) is 21.1 Å². The summed E-state index contributed by atoms with van der Waals surface area (Å²) in [5.41, 5.74) is 0.569. The molecule has 3 rings (SSSR count). The molecular weight excluding hydrogens is 398 g/mol. The summed E-state index contributed by atoms with van der Waals surface area (Å²) in [6.07, 6.45) is 1.50. The molecule has 2 aromatic carbocycles. The summed E-state index contributed by atoms with van der Waals surface area (Å²) < 4.78 is 0. The number of hydrogen-bond donors (Lipinski definition) is 2. The van der Waals surface area contributed by atoms with E-state index >= 15 is 0 Å². The van der Waals surface area contributed by atoms with E-state index in [-0.39, 0.29) is 11.5 Å². The first-order valence-electron chi connectivity index (χ1n) is 8.41. The maximum Gasteiger partial charge on any atom is 0.335 e. The van der Waals surface area contributed by atoms with Crippen LogP contribution in [0.1, 0.15) is 22.8 Å². The second kappa shape index (κ2) is 8.15. The smallest absolute Gasteiger partial charge is 0.335 e. The number of amides is 1. The fourth-order valence-corrected chi connectivity index (χ4v) is 3.65. The van der Waals surface area contributed by atoms with Gasteiger partial charge in [-0.05, 0) is 60.7 Å². The number of hydrogen-bond acceptors (Lipinski definition) is 7. The molecule has 9 nitrogen and oxygen atoms in total. The molecule has 10 heteroatoms. The Kier molecular flexibility index (Phi) is 5.64. The van der Waals surface area contributed by atoms with Gasteiger partial charge in [-0.2, -0.15) is 0 Å². The van der Waals surface area contributed by atoms with Crippen LogP contribution in [0.25, 0.3) is 6.08 Å². The van der Waals surface area contributed by atoms with Crippen LogP contribution in [0.3, 0.4) is 0 Å². The molecule has 0 unspecified atom stereocenters. The van der Waals surface area contributed by atoms with Crippen LogP contribution in [-0.2, 0) is 4.79 Å². The standard InChI is InChI=1S/C19H15N3O6S/c1-2-21-17(24)16(10-11-3-8-15(23)14(9-11)22(27)28)29-19(21)20-13-6-4-12(5-7-13)18(25)26/h3-10,23H,2H2,1H3,(H,25,26)/b16-10-,20-19?. The van der Waals surface area contributed by atoms with Crippen LogP contribution in [0, 0.1) is 10.1 Å². The largest absolute Gasteiger partial charge is 0.502 e. The third-order valence-corrected chi connectivity index (χ3v) is 5.04. The Morgan fingerprint density at radius 1 is 1.28 bits per heavy atom. The van der Waals surface area contributed by atoms with Crippen LogP contribution in [-0.4, -0.2) is 43.6 Å². The van der Waals surface area contributed by atoms with E-state index in [1.165, 1.54) is 41.3 Å². The SMILES string of the molecule is CCN1C(=O)/C(=C/c2ccc(O)c([N+](=O)[O-])c2)SC1=Nc1ccc(C(=O)O)cc1. The zero-order valence-corrected chi connectivity index (χ0v) is 15.9. The number of carbonyl (C=O) groups is 2. The lowest BCUT2D eigenvalue weighted by Gasteiger charge is -2.12. The van der Waals surface area contributed by atoms with Gasteiger partial charge in [0.25, 0.3) is 5.91 Å². The number of carbonyl (C=O) groups excluding carboxylic acids is 1. The molecule has 0 aliphatic carbocycles. The van der Waals surface area contributed by atoms with E-state index < -0.39 is 22.3 Å². The highest BCUT2D eigenvalue weighted by Gasteiger charge is 2.32. The molecule has 1 aliphatic rings. The Hall–Kier alpha value is -3.66. The van der Waals surface area contributed by atoms with Crippen molar-refractivity contribution in [2.45, 2.75) is 6.92 Å². The van der Waals surface area contributed by atoms with Crippen LogP contribution in [0.5, 0.6) is 5.75 Å². The second-order valence-electron chi connectivity index (χ2n) is 5.91. The lowest BCUT2D eigenvalue weighted by atomic mass is 10.1. The van der Waals surface area contributed by atoms with Gasteiger partial charge in [0.1, 0.15) is 0 Å². The van der Waals surface area contributed by atoms with Crippen LogP contribution in [0.4, 0.5) is 11.4 Å². The molecule has 0 atom stereocenters. The molecule has 0 bridgehead atoms. The molecule has 148 valence electrons. The number of nitrogens with zero attached hydrogens (tertiary/aromatic N) is 3. The fraction of sp³-hybridized carbons (Fsp3) is 0.105. The number of phenols is 1. The van der Waals surface area contributed by atoms with Crippen LogP contribution in [0.2, 0.25) is 0 Å². The highest BCUT2D eigenvalue weighted by molar-refractivity contribution is 8.18. The van der Waals surface area contributed by atoms with Crippen molar-refractivity contribution in [3.63, 3.8) is 0 Å². The number of amidine groups is 1. The number of benzene rings is 2. The Balaban J connectivity index is 1.92. The summed E-state index contributed by atoms with van der Waals surface area (Å²) in [6, 6.07) is 9.79. The Labute approximate surface area is 169 Å². The van der Waals surface area contributed by atoms with Gasteiger partial charge < -0.3 is 10.2 Å². The van der Waals surface area contributed by atoms with E-state index in [1.807, 2.05) is 0 Å². The molecule has 1 aliphatic heterocycles. The number of aromatic carboxylic acids is 1. The number of aliphatic imine (C=N–C) groups is 1. The lowest BCUT2D eigenvalue weighted by molar-refractivity contribution is -0.385. The van der Waals surface area contributed by atoms with Gasteiger partial charge in [0.15, 0.2) is 10.9 Å². The molecule has 1 saturated heterocycles. The van der Waals surface area contributed by atoms with Crippen molar-refractivity contribution in [1.29, 1.82) is 0 Å². The monoisotopic (exact) mass is 413 g/mol. The van der Waals surface area contributed by atoms with Crippen molar-refractivity contribution in [2.75, 3.05) is 6.54 Å². The average molecular weight is 413 g/mol. The number of rotatable bonds is 5. The first kappa shape index (κ1) is 20.1. The summed E-state index contributed by atoms with van der Waals surface area (Å²) >= 11 is 1.11. The van der Waals surface area contributed by atoms with Gasteiger partial charge in [0, 0.05) is 12.6 Å². The Morgan fingerprint density at radius 3 is 2.55 bits per heavy atom. The Morgan fingerprint density at radius 2 is 1.97 bits per heavy atom. The van der Waals surface area contributed by atoms with Gasteiger partial charge in [0.2, 0.25) is 0 Å². The molecule has 1 heterocycles. The zero-order valence-electron chi connectivity index (χ0n) is 15.1. The van der Waals surface area contributed by atoms with Crippen molar-refractivity contribution in [3.8, 4) is 5.75 Å². The molecule has 2 aromatic rings. The number of carboxylic acids is 1. The molecule has 29 heavy (non-hydrogen) atoms. The topological polar surface area (TPSA) is 133 Å². The van der Waals surface area contributed by atoms with Gasteiger partial charge >= 0.3 is 11.7 Å². The molecule has 0 radical (unpaired) electrons. The number of carboxylic acid groups (broad SMARTS) is 1. The van der Waals surface area contributed by atoms with E-state index in [1.54, 1.807) is 19.1 Å². The normalized spacial score (nSPS) is 16.6. The van der Waals surface area contributed by atoms with Gasteiger partial charge in [-0.25, -0.2) is 9.79 Å². The zero-order chi connectivity index (χ0) is 21.1. The summed E-state index contributed by atoms with van der Waals surface area (Å²) in [4.78, 5) is 40.1. The van der Waals surface area contributed by atoms with Crippen molar-refractivity contribution in [2.24, 2.45) is 4.99 Å². The van der Waals surface area contributed by atoms with Crippen LogP contribution in [0.15, 0.2) is 52.4 Å². The van der Waals surface area contributed by atoms with E-state index in [4.69, 9.17) is 5.11 Å². The van der Waals surface area contributed by atoms with E-state index in [9.17, 15) is 24.8 Å². The molecule has 0 spiro atoms. The maximum atomic E-state index is 12.7. The van der Waals surface area contributed by atoms with Crippen molar-refractivity contribution in [1.82, 2.24) is 4.90 Å². The first-order valence-corrected chi connectivity index (χ1v) is 9.22. The maximum absolute atomic E-state index is 12.7. The summed E-state index contributed by atoms with van der Waals surface area (Å²) in [7, 11) is 0. The molecule has 0 aromatic heterocycles. The minimum atomic E-state index is -1.04. The van der Waals surface area contributed by atoms with E-state index in [2.05, 4.69) is 4.99 Å². The molecule has 1 fully saturated rings. The number of likely N-dealkylation sites (N-methyl/N-ethyl adjacent to an activating group) is 1. The molecule has 0 saturated carbocycles. The van der Waals surface area contributed by atoms with Gasteiger partial charge in [-0.1, -0.05) is 6.07 Å². The summed E-state index contributed by atoms with van der Waals surface area (Å²) in [5, 5.41) is 29.9. The second-order valence-corrected chi connectivity index (χ2v) is 6.92. The van der Waals surface area contributed by atoms with E-state index in [0.29, 0.717) is 27.9 Å². The van der Waals surface area contributed by atoms with Gasteiger partial charge in [-0.3, -0.25) is 19.8 Å². The van der Waals surface area contributed by atoms with Crippen molar-refractivity contribution in [3.05, 3.63) is 68.6 Å². The minimum Gasteiger partial charge on any atom is -0.502 e.